The second-order valence-electron chi connectivity index (χ2n) is 5.03. The fourth-order valence-corrected chi connectivity index (χ4v) is 3.15. The average Bonchev–Trinajstić information content (AvgIpc) is 2.82. The van der Waals surface area contributed by atoms with Crippen LogP contribution in [0.4, 0.5) is 0 Å². The van der Waals surface area contributed by atoms with Crippen LogP contribution in [0.3, 0.4) is 0 Å². The third-order valence-electron chi connectivity index (χ3n) is 2.92. The molecule has 0 bridgehead atoms. The highest BCUT2D eigenvalue weighted by molar-refractivity contribution is 7.89. The number of aryl methyl sites for hydroxylation is 1. The Morgan fingerprint density at radius 3 is 2.65 bits per heavy atom. The molecule has 2 N–H and O–H groups in total. The number of hydrogen-bond acceptors (Lipinski definition) is 4. The van der Waals surface area contributed by atoms with Gasteiger partial charge in [-0.05, 0) is 19.3 Å². The third kappa shape index (κ3) is 4.31. The van der Waals surface area contributed by atoms with Crippen molar-refractivity contribution in [1.29, 1.82) is 0 Å². The largest absolute Gasteiger partial charge is 0.481 e. The van der Waals surface area contributed by atoms with Crippen molar-refractivity contribution in [3.63, 3.8) is 0 Å². The van der Waals surface area contributed by atoms with Crippen LogP contribution in [0.15, 0.2) is 17.6 Å². The number of nitrogens with one attached hydrogen (secondary N) is 1. The molecule has 0 saturated carbocycles. The van der Waals surface area contributed by atoms with Crippen LogP contribution in [0.25, 0.3) is 0 Å². The molecule has 0 aliphatic carbocycles. The van der Waals surface area contributed by atoms with Crippen molar-refractivity contribution in [2.75, 3.05) is 6.54 Å². The lowest BCUT2D eigenvalue weighted by atomic mass is 9.98. The van der Waals surface area contributed by atoms with E-state index in [2.05, 4.69) is 9.71 Å². The quantitative estimate of drug-likeness (QED) is 0.744. The molecule has 0 spiro atoms. The zero-order valence-electron chi connectivity index (χ0n) is 11.9. The first-order chi connectivity index (χ1) is 9.27. The minimum absolute atomic E-state index is 0.0497. The smallest absolute Gasteiger partial charge is 0.307 e. The predicted molar refractivity (Wildman–Crippen MR) is 73.7 cm³/mol. The van der Waals surface area contributed by atoms with Gasteiger partial charge in [-0.25, -0.2) is 18.1 Å². The van der Waals surface area contributed by atoms with Crippen molar-refractivity contribution in [3.05, 3.63) is 12.5 Å². The number of carbonyl (C=O) groups is 1. The van der Waals surface area contributed by atoms with Gasteiger partial charge in [0.15, 0.2) is 5.03 Å². The average molecular weight is 303 g/mol. The van der Waals surface area contributed by atoms with Crippen molar-refractivity contribution in [2.45, 2.75) is 38.8 Å². The Labute approximate surface area is 119 Å². The van der Waals surface area contributed by atoms with Gasteiger partial charge in [0, 0.05) is 13.1 Å². The Balaban J connectivity index is 2.79. The molecule has 0 amide bonds. The minimum atomic E-state index is -3.74. The number of aromatic nitrogens is 2. The zero-order valence-corrected chi connectivity index (χ0v) is 12.7. The summed E-state index contributed by atoms with van der Waals surface area (Å²) >= 11 is 0. The van der Waals surface area contributed by atoms with Crippen LogP contribution in [0.5, 0.6) is 0 Å². The van der Waals surface area contributed by atoms with Gasteiger partial charge in [0.05, 0.1) is 18.4 Å². The fourth-order valence-electron chi connectivity index (χ4n) is 1.89. The Morgan fingerprint density at radius 1 is 1.50 bits per heavy atom. The minimum Gasteiger partial charge on any atom is -0.481 e. The van der Waals surface area contributed by atoms with Gasteiger partial charge in [0.2, 0.25) is 0 Å². The van der Waals surface area contributed by atoms with Crippen molar-refractivity contribution in [1.82, 2.24) is 14.3 Å². The molecule has 0 fully saturated rings. The number of nitrogens with zero attached hydrogens (tertiary/aromatic N) is 2. The maximum atomic E-state index is 12.1. The lowest BCUT2D eigenvalue weighted by Crippen LogP contribution is -2.34. The van der Waals surface area contributed by atoms with Gasteiger partial charge in [-0.3, -0.25) is 4.79 Å². The summed E-state index contributed by atoms with van der Waals surface area (Å²) in [6, 6.07) is 0. The van der Waals surface area contributed by atoms with Crippen LogP contribution in [0, 0.1) is 11.8 Å². The summed E-state index contributed by atoms with van der Waals surface area (Å²) < 4.78 is 28.1. The van der Waals surface area contributed by atoms with Gasteiger partial charge in [0.1, 0.15) is 0 Å². The normalized spacial score (nSPS) is 13.6. The molecule has 7 nitrogen and oxygen atoms in total. The first-order valence-electron chi connectivity index (χ1n) is 6.50. The molecular weight excluding hydrogens is 282 g/mol. The molecule has 0 aliphatic rings. The molecule has 1 rings (SSSR count). The number of carboxylic acid groups (broad SMARTS) is 1. The Morgan fingerprint density at radius 2 is 2.15 bits per heavy atom. The van der Waals surface area contributed by atoms with Crippen molar-refractivity contribution < 1.29 is 18.3 Å². The molecule has 1 unspecified atom stereocenters. The van der Waals surface area contributed by atoms with E-state index in [1.165, 1.54) is 17.1 Å². The Hall–Kier alpha value is -1.41. The van der Waals surface area contributed by atoms with E-state index in [9.17, 15) is 13.2 Å². The molecule has 20 heavy (non-hydrogen) atoms. The lowest BCUT2D eigenvalue weighted by Gasteiger charge is -2.15. The van der Waals surface area contributed by atoms with Crippen LogP contribution in [-0.2, 0) is 21.4 Å². The van der Waals surface area contributed by atoms with Crippen molar-refractivity contribution in [3.8, 4) is 0 Å². The maximum absolute atomic E-state index is 12.1. The van der Waals surface area contributed by atoms with Crippen LogP contribution < -0.4 is 4.72 Å². The lowest BCUT2D eigenvalue weighted by molar-refractivity contribution is -0.142. The standard InChI is InChI=1S/C12H21N3O4S/c1-4-15-8-13-7-11(15)20(18,19)14-6-10(12(16)17)5-9(2)3/h7-10,14H,4-6H2,1-3H3,(H,16,17). The van der Waals surface area contributed by atoms with E-state index in [4.69, 9.17) is 5.11 Å². The SMILES string of the molecule is CCn1cncc1S(=O)(=O)NCC(CC(C)C)C(=O)O. The number of carboxylic acids is 1. The molecule has 0 radical (unpaired) electrons. The van der Waals surface area contributed by atoms with Crippen LogP contribution in [0.2, 0.25) is 0 Å². The number of hydrogen-bond donors (Lipinski definition) is 2. The summed E-state index contributed by atoms with van der Waals surface area (Å²) in [6.07, 6.45) is 3.10. The highest BCUT2D eigenvalue weighted by Crippen LogP contribution is 2.13. The second kappa shape index (κ2) is 6.85. The first-order valence-corrected chi connectivity index (χ1v) is 7.98. The molecule has 1 aromatic rings. The predicted octanol–water partition coefficient (Wildman–Crippen LogP) is 0.928. The van der Waals surface area contributed by atoms with Crippen LogP contribution in [-0.4, -0.2) is 35.6 Å². The summed E-state index contributed by atoms with van der Waals surface area (Å²) in [5.74, 6) is -1.55. The number of aliphatic carboxylic acids is 1. The summed E-state index contributed by atoms with van der Waals surface area (Å²) in [5, 5.41) is 9.15. The maximum Gasteiger partial charge on any atom is 0.307 e. The molecule has 1 aromatic heterocycles. The highest BCUT2D eigenvalue weighted by Gasteiger charge is 2.24. The molecule has 1 atom stereocenters. The van der Waals surface area contributed by atoms with Gasteiger partial charge >= 0.3 is 5.97 Å². The molecular formula is C12H21N3O4S. The van der Waals surface area contributed by atoms with Gasteiger partial charge in [-0.2, -0.15) is 0 Å². The summed E-state index contributed by atoms with van der Waals surface area (Å²) in [4.78, 5) is 14.9. The number of imidazole rings is 1. The van der Waals surface area contributed by atoms with Crippen LogP contribution >= 0.6 is 0 Å². The summed E-state index contributed by atoms with van der Waals surface area (Å²) in [5.41, 5.74) is 0. The second-order valence-corrected chi connectivity index (χ2v) is 6.75. The first kappa shape index (κ1) is 16.6. The number of rotatable bonds is 8. The Kier molecular flexibility index (Phi) is 5.70. The van der Waals surface area contributed by atoms with Gasteiger partial charge < -0.3 is 9.67 Å². The van der Waals surface area contributed by atoms with E-state index < -0.39 is 21.9 Å². The van der Waals surface area contributed by atoms with E-state index in [-0.39, 0.29) is 17.5 Å². The van der Waals surface area contributed by atoms with E-state index in [0.717, 1.165) is 0 Å². The summed E-state index contributed by atoms with van der Waals surface area (Å²) in [6.45, 7) is 5.96. The molecule has 114 valence electrons. The van der Waals surface area contributed by atoms with Gasteiger partial charge in [-0.1, -0.05) is 13.8 Å². The molecule has 1 heterocycles. The molecule has 0 aliphatic heterocycles. The molecule has 0 aromatic carbocycles. The zero-order chi connectivity index (χ0) is 15.3. The van der Waals surface area contributed by atoms with Gasteiger partial charge in [-0.15, -0.1) is 0 Å². The fraction of sp³-hybridized carbons (Fsp3) is 0.667. The summed E-state index contributed by atoms with van der Waals surface area (Å²) in [7, 11) is -3.74. The highest BCUT2D eigenvalue weighted by atomic mass is 32.2. The van der Waals surface area contributed by atoms with Crippen LogP contribution in [0.1, 0.15) is 27.2 Å². The Bertz CT molecular complexity index is 551. The third-order valence-corrected chi connectivity index (χ3v) is 4.35. The van der Waals surface area contributed by atoms with E-state index in [0.29, 0.717) is 13.0 Å². The number of sulfonamides is 1. The van der Waals surface area contributed by atoms with E-state index >= 15 is 0 Å². The van der Waals surface area contributed by atoms with E-state index in [1.807, 2.05) is 13.8 Å². The van der Waals surface area contributed by atoms with Crippen molar-refractivity contribution in [2.24, 2.45) is 11.8 Å². The molecule has 8 heteroatoms. The molecule has 0 saturated heterocycles. The monoisotopic (exact) mass is 303 g/mol. The van der Waals surface area contributed by atoms with E-state index in [1.54, 1.807) is 6.92 Å². The topological polar surface area (TPSA) is 101 Å². The van der Waals surface area contributed by atoms with Crippen molar-refractivity contribution >= 4 is 16.0 Å². The van der Waals surface area contributed by atoms with Gasteiger partial charge in [0.25, 0.3) is 10.0 Å².